The van der Waals surface area contributed by atoms with E-state index in [4.69, 9.17) is 11.6 Å². The van der Waals surface area contributed by atoms with E-state index in [2.05, 4.69) is 25.7 Å². The van der Waals surface area contributed by atoms with Crippen LogP contribution in [0.1, 0.15) is 24.4 Å². The van der Waals surface area contributed by atoms with Gasteiger partial charge in [-0.1, -0.05) is 11.6 Å². The van der Waals surface area contributed by atoms with Crippen molar-refractivity contribution in [2.45, 2.75) is 31.0 Å². The molecule has 2 heterocycles. The number of hydrogen-bond acceptors (Lipinski definition) is 5. The molecule has 0 amide bonds. The van der Waals surface area contributed by atoms with Crippen molar-refractivity contribution in [2.24, 2.45) is 11.8 Å². The molecule has 2 saturated carbocycles. The number of rotatable bonds is 4. The fourth-order valence-corrected chi connectivity index (χ4v) is 3.79. The number of alkyl halides is 5. The molecular weight excluding hydrogens is 395 g/mol. The standard InChI is InChI=1S/C15H14ClF5N6/c1-22-12-9(15(19,20)21)4-23-13(25-12)24-10-5-27(26-11(10)16)6-2-7-8(3-6)14(7,17)18/h4-8H,2-3H2,1H3,(H2,22,23,24,25)/t6-,7+,8?/m1/s1. The second-order valence-corrected chi connectivity index (χ2v) is 7.01. The van der Waals surface area contributed by atoms with E-state index in [1.807, 2.05) is 0 Å². The highest BCUT2D eigenvalue weighted by molar-refractivity contribution is 6.32. The molecule has 3 atom stereocenters. The summed E-state index contributed by atoms with van der Waals surface area (Å²) >= 11 is 6.06. The fourth-order valence-electron chi connectivity index (χ4n) is 3.60. The van der Waals surface area contributed by atoms with Crippen LogP contribution in [0.25, 0.3) is 0 Å². The van der Waals surface area contributed by atoms with Crippen molar-refractivity contribution < 1.29 is 22.0 Å². The molecule has 2 aliphatic carbocycles. The third-order valence-corrected chi connectivity index (χ3v) is 5.33. The molecule has 6 nitrogen and oxygen atoms in total. The van der Waals surface area contributed by atoms with E-state index in [-0.39, 0.29) is 28.6 Å². The summed E-state index contributed by atoms with van der Waals surface area (Å²) in [4.78, 5) is 7.45. The molecule has 2 aromatic rings. The lowest BCUT2D eigenvalue weighted by Gasteiger charge is -2.14. The highest BCUT2D eigenvalue weighted by Gasteiger charge is 2.71. The van der Waals surface area contributed by atoms with E-state index in [1.165, 1.54) is 17.9 Å². The molecular formula is C15H14ClF5N6. The van der Waals surface area contributed by atoms with Gasteiger partial charge in [0.05, 0.1) is 17.9 Å². The predicted molar refractivity (Wildman–Crippen MR) is 87.3 cm³/mol. The van der Waals surface area contributed by atoms with Crippen molar-refractivity contribution in [3.8, 4) is 0 Å². The summed E-state index contributed by atoms with van der Waals surface area (Å²) in [5.74, 6) is -4.29. The van der Waals surface area contributed by atoms with Crippen LogP contribution >= 0.6 is 11.6 Å². The van der Waals surface area contributed by atoms with Gasteiger partial charge in [-0.15, -0.1) is 0 Å². The van der Waals surface area contributed by atoms with Crippen LogP contribution in [0.2, 0.25) is 5.15 Å². The van der Waals surface area contributed by atoms with E-state index < -0.39 is 29.5 Å². The van der Waals surface area contributed by atoms with Gasteiger partial charge < -0.3 is 10.6 Å². The molecule has 0 aromatic carbocycles. The Bertz CT molecular complexity index is 868. The fraction of sp³-hybridized carbons (Fsp3) is 0.533. The maximum atomic E-state index is 13.3. The van der Waals surface area contributed by atoms with Crippen LogP contribution in [0.3, 0.4) is 0 Å². The number of aromatic nitrogens is 4. The zero-order chi connectivity index (χ0) is 19.6. The smallest absolute Gasteiger partial charge is 0.372 e. The lowest BCUT2D eigenvalue weighted by atomic mass is 10.1. The SMILES string of the molecule is CNc1nc(Nc2cn([C@H]3CC4[C@H](C3)C4(F)F)nc2Cl)ncc1C(F)(F)F. The van der Waals surface area contributed by atoms with E-state index >= 15 is 0 Å². The van der Waals surface area contributed by atoms with Crippen molar-refractivity contribution in [1.29, 1.82) is 0 Å². The molecule has 2 N–H and O–H groups in total. The molecule has 2 aromatic heterocycles. The van der Waals surface area contributed by atoms with Gasteiger partial charge in [0, 0.05) is 25.1 Å². The quantitative estimate of drug-likeness (QED) is 0.736. The van der Waals surface area contributed by atoms with Gasteiger partial charge >= 0.3 is 6.18 Å². The predicted octanol–water partition coefficient (Wildman–Crippen LogP) is 4.35. The van der Waals surface area contributed by atoms with E-state index in [0.717, 1.165) is 0 Å². The number of nitrogens with zero attached hydrogens (tertiary/aromatic N) is 4. The lowest BCUT2D eigenvalue weighted by molar-refractivity contribution is -0.137. The maximum Gasteiger partial charge on any atom is 0.421 e. The van der Waals surface area contributed by atoms with Crippen molar-refractivity contribution in [3.63, 3.8) is 0 Å². The zero-order valence-electron chi connectivity index (χ0n) is 13.9. The van der Waals surface area contributed by atoms with Crippen LogP contribution in [-0.2, 0) is 6.18 Å². The van der Waals surface area contributed by atoms with Crippen LogP contribution in [0.15, 0.2) is 12.4 Å². The summed E-state index contributed by atoms with van der Waals surface area (Å²) in [6.07, 6.45) is -1.78. The summed E-state index contributed by atoms with van der Waals surface area (Å²) in [6.45, 7) is 0. The largest absolute Gasteiger partial charge is 0.421 e. The molecule has 2 aliphatic rings. The molecule has 27 heavy (non-hydrogen) atoms. The van der Waals surface area contributed by atoms with Crippen molar-refractivity contribution >= 4 is 29.1 Å². The first-order valence-electron chi connectivity index (χ1n) is 8.12. The van der Waals surface area contributed by atoms with Crippen molar-refractivity contribution in [3.05, 3.63) is 23.1 Å². The van der Waals surface area contributed by atoms with E-state index in [0.29, 0.717) is 19.0 Å². The molecule has 4 rings (SSSR count). The number of fused-ring (bicyclic) bond motifs is 1. The third-order valence-electron chi connectivity index (χ3n) is 5.06. The number of anilines is 3. The average Bonchev–Trinajstić information content (AvgIpc) is 2.99. The van der Waals surface area contributed by atoms with Crippen LogP contribution in [0.4, 0.5) is 39.4 Å². The van der Waals surface area contributed by atoms with Crippen molar-refractivity contribution in [2.75, 3.05) is 17.7 Å². The Morgan fingerprint density at radius 2 is 1.93 bits per heavy atom. The number of nitrogens with one attached hydrogen (secondary N) is 2. The minimum absolute atomic E-state index is 0.0526. The van der Waals surface area contributed by atoms with Crippen LogP contribution in [-0.4, -0.2) is 32.7 Å². The van der Waals surface area contributed by atoms with Gasteiger partial charge in [-0.05, 0) is 12.8 Å². The first-order valence-corrected chi connectivity index (χ1v) is 8.50. The van der Waals surface area contributed by atoms with Crippen LogP contribution < -0.4 is 10.6 Å². The van der Waals surface area contributed by atoms with Crippen molar-refractivity contribution in [1.82, 2.24) is 19.7 Å². The monoisotopic (exact) mass is 408 g/mol. The molecule has 0 bridgehead atoms. The average molecular weight is 409 g/mol. The molecule has 0 aliphatic heterocycles. The van der Waals surface area contributed by atoms with Gasteiger partial charge in [0.2, 0.25) is 5.95 Å². The Morgan fingerprint density at radius 3 is 2.52 bits per heavy atom. The highest BCUT2D eigenvalue weighted by atomic mass is 35.5. The van der Waals surface area contributed by atoms with Gasteiger partial charge in [-0.25, -0.2) is 13.8 Å². The first-order chi connectivity index (χ1) is 12.6. The first kappa shape index (κ1) is 18.2. The van der Waals surface area contributed by atoms with Crippen LogP contribution in [0, 0.1) is 11.8 Å². The summed E-state index contributed by atoms with van der Waals surface area (Å²) in [6, 6.07) is -0.186. The molecule has 1 unspecified atom stereocenters. The number of halogens is 6. The van der Waals surface area contributed by atoms with E-state index in [9.17, 15) is 22.0 Å². The molecule has 2 fully saturated rings. The zero-order valence-corrected chi connectivity index (χ0v) is 14.6. The summed E-state index contributed by atoms with van der Waals surface area (Å²) < 4.78 is 66.8. The molecule has 12 heteroatoms. The molecule has 146 valence electrons. The minimum atomic E-state index is -4.59. The van der Waals surface area contributed by atoms with Gasteiger partial charge in [0.25, 0.3) is 5.92 Å². The van der Waals surface area contributed by atoms with Gasteiger partial charge in [-0.2, -0.15) is 23.3 Å². The van der Waals surface area contributed by atoms with Gasteiger partial charge in [0.1, 0.15) is 11.4 Å². The summed E-state index contributed by atoms with van der Waals surface area (Å²) in [7, 11) is 1.31. The lowest BCUT2D eigenvalue weighted by Crippen LogP contribution is -2.13. The second kappa shape index (κ2) is 5.91. The maximum absolute atomic E-state index is 13.3. The Kier molecular flexibility index (Phi) is 3.99. The molecule has 0 saturated heterocycles. The summed E-state index contributed by atoms with van der Waals surface area (Å²) in [5, 5.41) is 9.26. The summed E-state index contributed by atoms with van der Waals surface area (Å²) in [5.41, 5.74) is -0.714. The Labute approximate surface area is 155 Å². The minimum Gasteiger partial charge on any atom is -0.372 e. The molecule has 0 spiro atoms. The van der Waals surface area contributed by atoms with Gasteiger partial charge in [0.15, 0.2) is 5.15 Å². The second-order valence-electron chi connectivity index (χ2n) is 6.65. The highest BCUT2D eigenvalue weighted by Crippen LogP contribution is 2.66. The normalized spacial score (nSPS) is 26.0. The van der Waals surface area contributed by atoms with Gasteiger partial charge in [-0.3, -0.25) is 4.68 Å². The third kappa shape index (κ3) is 3.07. The Morgan fingerprint density at radius 1 is 1.26 bits per heavy atom. The van der Waals surface area contributed by atoms with E-state index in [1.54, 1.807) is 0 Å². The Balaban J connectivity index is 1.52. The molecule has 0 radical (unpaired) electrons. The number of hydrogen-bond donors (Lipinski definition) is 2. The Hall–Kier alpha value is -2.17. The van der Waals surface area contributed by atoms with Crippen LogP contribution in [0.5, 0.6) is 0 Å². The topological polar surface area (TPSA) is 67.7 Å².